The second kappa shape index (κ2) is 2.67. The van der Waals surface area contributed by atoms with E-state index in [0.717, 1.165) is 12.8 Å². The zero-order valence-corrected chi connectivity index (χ0v) is 6.72. The van der Waals surface area contributed by atoms with Crippen LogP contribution in [0.5, 0.6) is 0 Å². The maximum atomic E-state index is 13.3. The molecule has 2 aliphatic rings. The molecule has 10 heavy (non-hydrogen) atoms. The highest BCUT2D eigenvalue weighted by atomic mass is 35.5. The van der Waals surface area contributed by atoms with Gasteiger partial charge in [0.25, 0.3) is 0 Å². The lowest BCUT2D eigenvalue weighted by Crippen LogP contribution is -2.61. The van der Waals surface area contributed by atoms with Gasteiger partial charge in [0, 0.05) is 13.1 Å². The lowest BCUT2D eigenvalue weighted by molar-refractivity contribution is -0.0135. The lowest BCUT2D eigenvalue weighted by Gasteiger charge is -2.45. The van der Waals surface area contributed by atoms with Crippen LogP contribution in [0.1, 0.15) is 19.3 Å². The predicted molar refractivity (Wildman–Crippen MR) is 41.3 cm³/mol. The SMILES string of the molecule is Cl.FC1(C2CCC2)CNC1. The van der Waals surface area contributed by atoms with E-state index in [-0.39, 0.29) is 12.4 Å². The van der Waals surface area contributed by atoms with Crippen molar-refractivity contribution in [3.05, 3.63) is 0 Å². The van der Waals surface area contributed by atoms with E-state index >= 15 is 0 Å². The van der Waals surface area contributed by atoms with E-state index < -0.39 is 5.67 Å². The fourth-order valence-corrected chi connectivity index (χ4v) is 1.58. The van der Waals surface area contributed by atoms with Crippen LogP contribution in [0.25, 0.3) is 0 Å². The average molecular weight is 166 g/mol. The summed E-state index contributed by atoms with van der Waals surface area (Å²) in [6.45, 7) is 1.22. The highest BCUT2D eigenvalue weighted by molar-refractivity contribution is 5.85. The maximum absolute atomic E-state index is 13.3. The van der Waals surface area contributed by atoms with Crippen LogP contribution < -0.4 is 5.32 Å². The first kappa shape index (κ1) is 8.28. The summed E-state index contributed by atoms with van der Waals surface area (Å²) in [4.78, 5) is 0. The Bertz CT molecular complexity index is 121. The summed E-state index contributed by atoms with van der Waals surface area (Å²) in [5, 5.41) is 2.98. The number of hydrogen-bond acceptors (Lipinski definition) is 1. The molecule has 0 unspecified atom stereocenters. The molecule has 1 nitrogen and oxygen atoms in total. The van der Waals surface area contributed by atoms with Crippen LogP contribution in [-0.2, 0) is 0 Å². The molecule has 1 heterocycles. The molecule has 2 fully saturated rings. The molecule has 0 amide bonds. The molecule has 1 aliphatic heterocycles. The van der Waals surface area contributed by atoms with E-state index in [1.54, 1.807) is 0 Å². The van der Waals surface area contributed by atoms with E-state index in [9.17, 15) is 4.39 Å². The van der Waals surface area contributed by atoms with Crippen molar-refractivity contribution in [1.82, 2.24) is 5.32 Å². The van der Waals surface area contributed by atoms with Gasteiger partial charge in [-0.15, -0.1) is 12.4 Å². The first-order valence-electron chi connectivity index (χ1n) is 3.71. The van der Waals surface area contributed by atoms with Crippen molar-refractivity contribution in [1.29, 1.82) is 0 Å². The Kier molecular flexibility index (Phi) is 2.21. The van der Waals surface area contributed by atoms with Crippen molar-refractivity contribution in [3.8, 4) is 0 Å². The fourth-order valence-electron chi connectivity index (χ4n) is 1.58. The van der Waals surface area contributed by atoms with Gasteiger partial charge in [0.05, 0.1) is 0 Å². The third-order valence-electron chi connectivity index (χ3n) is 2.67. The standard InChI is InChI=1S/C7H12FN.ClH/c8-7(4-9-5-7)6-2-1-3-6;/h6,9H,1-5H2;1H. The second-order valence-electron chi connectivity index (χ2n) is 3.27. The number of nitrogens with one attached hydrogen (secondary N) is 1. The Balaban J connectivity index is 0.000000500. The van der Waals surface area contributed by atoms with Crippen LogP contribution in [0.15, 0.2) is 0 Å². The molecule has 1 saturated heterocycles. The first-order chi connectivity index (χ1) is 4.31. The van der Waals surface area contributed by atoms with Crippen LogP contribution in [0.2, 0.25) is 0 Å². The Morgan fingerprint density at radius 2 is 1.90 bits per heavy atom. The van der Waals surface area contributed by atoms with Crippen LogP contribution in [0.3, 0.4) is 0 Å². The van der Waals surface area contributed by atoms with Crippen molar-refractivity contribution in [2.45, 2.75) is 24.9 Å². The summed E-state index contributed by atoms with van der Waals surface area (Å²) in [6, 6.07) is 0. The third kappa shape index (κ3) is 1.04. The van der Waals surface area contributed by atoms with Gasteiger partial charge in [-0.3, -0.25) is 0 Å². The van der Waals surface area contributed by atoms with Gasteiger partial charge in [0.15, 0.2) is 0 Å². The smallest absolute Gasteiger partial charge is 0.138 e. The molecule has 0 aromatic carbocycles. The van der Waals surface area contributed by atoms with Gasteiger partial charge < -0.3 is 5.32 Å². The zero-order chi connectivity index (χ0) is 6.32. The van der Waals surface area contributed by atoms with Gasteiger partial charge in [-0.1, -0.05) is 6.42 Å². The molecule has 1 aliphatic carbocycles. The van der Waals surface area contributed by atoms with Crippen LogP contribution in [0, 0.1) is 5.92 Å². The minimum absolute atomic E-state index is 0. The quantitative estimate of drug-likeness (QED) is 0.622. The van der Waals surface area contributed by atoms with Crippen LogP contribution >= 0.6 is 12.4 Å². The highest BCUT2D eigenvalue weighted by Crippen LogP contribution is 2.40. The number of rotatable bonds is 1. The first-order valence-corrected chi connectivity index (χ1v) is 3.71. The second-order valence-corrected chi connectivity index (χ2v) is 3.27. The molecule has 1 saturated carbocycles. The molecular weight excluding hydrogens is 153 g/mol. The Morgan fingerprint density at radius 1 is 1.30 bits per heavy atom. The van der Waals surface area contributed by atoms with E-state index in [1.807, 2.05) is 0 Å². The van der Waals surface area contributed by atoms with Gasteiger partial charge in [-0.05, 0) is 18.8 Å². The normalized spacial score (nSPS) is 29.7. The molecule has 60 valence electrons. The van der Waals surface area contributed by atoms with Gasteiger partial charge in [-0.2, -0.15) is 0 Å². The molecule has 0 radical (unpaired) electrons. The zero-order valence-electron chi connectivity index (χ0n) is 5.90. The predicted octanol–water partition coefficient (Wildman–Crippen LogP) is 1.52. The Labute approximate surface area is 66.8 Å². The molecular formula is C7H13ClFN. The largest absolute Gasteiger partial charge is 0.310 e. The van der Waals surface area contributed by atoms with Gasteiger partial charge in [0.1, 0.15) is 5.67 Å². The number of halogens is 2. The average Bonchev–Trinajstić information content (AvgIpc) is 1.56. The molecule has 0 bridgehead atoms. The lowest BCUT2D eigenvalue weighted by atomic mass is 9.71. The molecule has 0 aromatic heterocycles. The van der Waals surface area contributed by atoms with Crippen LogP contribution in [0.4, 0.5) is 4.39 Å². The topological polar surface area (TPSA) is 12.0 Å². The highest BCUT2D eigenvalue weighted by Gasteiger charge is 2.46. The Morgan fingerprint density at radius 3 is 2.00 bits per heavy atom. The monoisotopic (exact) mass is 165 g/mol. The van der Waals surface area contributed by atoms with E-state index in [4.69, 9.17) is 0 Å². The van der Waals surface area contributed by atoms with Crippen molar-refractivity contribution in [3.63, 3.8) is 0 Å². The summed E-state index contributed by atoms with van der Waals surface area (Å²) in [6.07, 6.45) is 3.49. The summed E-state index contributed by atoms with van der Waals surface area (Å²) in [5.41, 5.74) is -0.793. The summed E-state index contributed by atoms with van der Waals surface area (Å²) < 4.78 is 13.3. The summed E-state index contributed by atoms with van der Waals surface area (Å²) in [5.74, 6) is 0.402. The van der Waals surface area contributed by atoms with Crippen molar-refractivity contribution >= 4 is 12.4 Å². The molecule has 0 spiro atoms. The number of alkyl halides is 1. The van der Waals surface area contributed by atoms with Crippen molar-refractivity contribution in [2.24, 2.45) is 5.92 Å². The van der Waals surface area contributed by atoms with Crippen molar-refractivity contribution < 1.29 is 4.39 Å². The summed E-state index contributed by atoms with van der Waals surface area (Å²) >= 11 is 0. The molecule has 1 N–H and O–H groups in total. The summed E-state index contributed by atoms with van der Waals surface area (Å²) in [7, 11) is 0. The van der Waals surface area contributed by atoms with Gasteiger partial charge >= 0.3 is 0 Å². The molecule has 0 aromatic rings. The maximum Gasteiger partial charge on any atom is 0.138 e. The van der Waals surface area contributed by atoms with E-state index in [1.165, 1.54) is 6.42 Å². The van der Waals surface area contributed by atoms with E-state index in [0.29, 0.717) is 19.0 Å². The fraction of sp³-hybridized carbons (Fsp3) is 1.00. The molecule has 0 atom stereocenters. The molecule has 2 rings (SSSR count). The Hall–Kier alpha value is 0.180. The minimum Gasteiger partial charge on any atom is -0.310 e. The van der Waals surface area contributed by atoms with Gasteiger partial charge in [-0.25, -0.2) is 4.39 Å². The minimum atomic E-state index is -0.793. The van der Waals surface area contributed by atoms with Crippen LogP contribution in [-0.4, -0.2) is 18.8 Å². The van der Waals surface area contributed by atoms with E-state index in [2.05, 4.69) is 5.32 Å². The molecule has 3 heteroatoms. The van der Waals surface area contributed by atoms with Gasteiger partial charge in [0.2, 0.25) is 0 Å². The van der Waals surface area contributed by atoms with Crippen molar-refractivity contribution in [2.75, 3.05) is 13.1 Å². The number of hydrogen-bond donors (Lipinski definition) is 1. The third-order valence-corrected chi connectivity index (χ3v) is 2.67.